The first kappa shape index (κ1) is 13.7. The first-order valence-electron chi connectivity index (χ1n) is 5.87. The number of aryl methyl sites for hydroxylation is 1. The van der Waals surface area contributed by atoms with Gasteiger partial charge >= 0.3 is 0 Å². The molecule has 0 unspecified atom stereocenters. The van der Waals surface area contributed by atoms with Crippen LogP contribution in [0.2, 0.25) is 0 Å². The minimum absolute atomic E-state index is 0.605. The molecule has 2 aromatic rings. The predicted octanol–water partition coefficient (Wildman–Crippen LogP) is 4.21. The van der Waals surface area contributed by atoms with E-state index in [2.05, 4.69) is 42.1 Å². The molecule has 0 N–H and O–H groups in total. The van der Waals surface area contributed by atoms with Gasteiger partial charge in [0.25, 0.3) is 0 Å². The van der Waals surface area contributed by atoms with Crippen LogP contribution in [0.4, 0.5) is 0 Å². The molecule has 1 aromatic carbocycles. The molecule has 0 spiro atoms. The average molecular weight is 246 g/mol. The van der Waals surface area contributed by atoms with E-state index < -0.39 is 0 Å². The second-order valence-corrected chi connectivity index (χ2v) is 4.51. The largest absolute Gasteiger partial charge is 0.349 e. The smallest absolute Gasteiger partial charge is 0.0630 e. The molecule has 90 valence electrons. The van der Waals surface area contributed by atoms with Crippen LogP contribution in [0, 0.1) is 11.3 Å². The quantitative estimate of drug-likeness (QED) is 0.599. The third-order valence-electron chi connectivity index (χ3n) is 2.33. The average Bonchev–Trinajstić information content (AvgIpc) is 2.70. The molecule has 0 atom stereocenters. The summed E-state index contributed by atoms with van der Waals surface area (Å²) in [5.74, 6) is 0.866. The topological polar surface area (TPSA) is 28.7 Å². The Kier molecular flexibility index (Phi) is 5.65. The van der Waals surface area contributed by atoms with Crippen molar-refractivity contribution in [2.75, 3.05) is 5.75 Å². The summed E-state index contributed by atoms with van der Waals surface area (Å²) < 4.78 is 2.13. The van der Waals surface area contributed by atoms with Crippen molar-refractivity contribution < 1.29 is 0 Å². The van der Waals surface area contributed by atoms with Crippen molar-refractivity contribution in [2.45, 2.75) is 25.2 Å². The Morgan fingerprint density at radius 1 is 1.29 bits per heavy atom. The Bertz CT molecular complexity index is 508. The normalized spacial score (nSPS) is 9.53. The van der Waals surface area contributed by atoms with Gasteiger partial charge in [0.15, 0.2) is 0 Å². The van der Waals surface area contributed by atoms with Crippen LogP contribution in [0.5, 0.6) is 0 Å². The van der Waals surface area contributed by atoms with E-state index in [-0.39, 0.29) is 0 Å². The maximum Gasteiger partial charge on any atom is 0.0630 e. The number of hydrogen-bond acceptors (Lipinski definition) is 2. The summed E-state index contributed by atoms with van der Waals surface area (Å²) in [6, 6.07) is 10.5. The van der Waals surface area contributed by atoms with Crippen molar-refractivity contribution in [2.24, 2.45) is 7.05 Å². The van der Waals surface area contributed by atoms with Crippen LogP contribution in [0.15, 0.2) is 35.4 Å². The number of fused-ring (bicyclic) bond motifs is 1. The van der Waals surface area contributed by atoms with Gasteiger partial charge in [0, 0.05) is 41.2 Å². The zero-order valence-corrected chi connectivity index (χ0v) is 11.4. The Morgan fingerprint density at radius 2 is 2.00 bits per heavy atom. The Labute approximate surface area is 107 Å². The van der Waals surface area contributed by atoms with E-state index in [4.69, 9.17) is 5.26 Å². The fraction of sp³-hybridized carbons (Fsp3) is 0.357. The van der Waals surface area contributed by atoms with Crippen LogP contribution in [-0.2, 0) is 7.05 Å². The number of thioether (sulfide) groups is 1. The molecular weight excluding hydrogens is 228 g/mol. The molecule has 0 saturated heterocycles. The monoisotopic (exact) mass is 246 g/mol. The Morgan fingerprint density at radius 3 is 2.71 bits per heavy atom. The molecule has 0 saturated carbocycles. The first-order chi connectivity index (χ1) is 8.33. The number of nitrogens with zero attached hydrogens (tertiary/aromatic N) is 2. The van der Waals surface area contributed by atoms with Gasteiger partial charge in [-0.1, -0.05) is 32.0 Å². The summed E-state index contributed by atoms with van der Waals surface area (Å²) in [4.78, 5) is 1.27. The van der Waals surface area contributed by atoms with E-state index in [1.54, 1.807) is 11.8 Å². The van der Waals surface area contributed by atoms with Crippen molar-refractivity contribution in [3.05, 3.63) is 30.5 Å². The van der Waals surface area contributed by atoms with Gasteiger partial charge in [-0.25, -0.2) is 0 Å². The molecule has 0 bridgehead atoms. The SMILES string of the molecule is CC.Cn1cc(SCCC#N)c2ccccc21. The minimum Gasteiger partial charge on any atom is -0.349 e. The second-order valence-electron chi connectivity index (χ2n) is 3.38. The molecule has 1 heterocycles. The highest BCUT2D eigenvalue weighted by Crippen LogP contribution is 2.29. The van der Waals surface area contributed by atoms with Gasteiger partial charge in [-0.15, -0.1) is 11.8 Å². The van der Waals surface area contributed by atoms with Gasteiger partial charge in [0.2, 0.25) is 0 Å². The Balaban J connectivity index is 0.000000686. The highest BCUT2D eigenvalue weighted by Gasteiger charge is 2.05. The molecule has 3 heteroatoms. The van der Waals surface area contributed by atoms with E-state index in [9.17, 15) is 0 Å². The summed E-state index contributed by atoms with van der Waals surface area (Å²) in [5, 5.41) is 9.77. The van der Waals surface area contributed by atoms with Gasteiger partial charge in [-0.2, -0.15) is 5.26 Å². The molecule has 1 aromatic heterocycles. The minimum atomic E-state index is 0.605. The second kappa shape index (κ2) is 7.03. The lowest BCUT2D eigenvalue weighted by Crippen LogP contribution is -1.81. The summed E-state index contributed by atoms with van der Waals surface area (Å²) in [5.41, 5.74) is 1.25. The zero-order valence-electron chi connectivity index (χ0n) is 10.6. The number of aromatic nitrogens is 1. The van der Waals surface area contributed by atoms with Gasteiger partial charge in [0.1, 0.15) is 0 Å². The maximum absolute atomic E-state index is 8.49. The molecule has 2 rings (SSSR count). The third-order valence-corrected chi connectivity index (χ3v) is 3.38. The summed E-state index contributed by atoms with van der Waals surface area (Å²) in [6.07, 6.45) is 2.74. The van der Waals surface area contributed by atoms with Crippen molar-refractivity contribution in [1.29, 1.82) is 5.26 Å². The number of benzene rings is 1. The lowest BCUT2D eigenvalue weighted by Gasteiger charge is -1.95. The van der Waals surface area contributed by atoms with Crippen LogP contribution in [-0.4, -0.2) is 10.3 Å². The van der Waals surface area contributed by atoms with Crippen molar-refractivity contribution >= 4 is 22.7 Å². The maximum atomic E-state index is 8.49. The first-order valence-corrected chi connectivity index (χ1v) is 6.85. The highest BCUT2D eigenvalue weighted by molar-refractivity contribution is 7.99. The van der Waals surface area contributed by atoms with Gasteiger partial charge in [0.05, 0.1) is 6.07 Å². The molecule has 0 aliphatic carbocycles. The molecule has 17 heavy (non-hydrogen) atoms. The number of nitriles is 1. The molecule has 0 radical (unpaired) electrons. The van der Waals surface area contributed by atoms with Crippen molar-refractivity contribution in [3.63, 3.8) is 0 Å². The zero-order chi connectivity index (χ0) is 12.7. The fourth-order valence-corrected chi connectivity index (χ4v) is 2.60. The standard InChI is InChI=1S/C12H12N2S.C2H6/c1-14-9-12(15-8-4-7-13)10-5-2-3-6-11(10)14;1-2/h2-3,5-6,9H,4,8H2,1H3;1-2H3. The van der Waals surface area contributed by atoms with Crippen molar-refractivity contribution in [1.82, 2.24) is 4.57 Å². The lowest BCUT2D eigenvalue weighted by molar-refractivity contribution is 0.957. The van der Waals surface area contributed by atoms with E-state index >= 15 is 0 Å². The van der Waals surface area contributed by atoms with E-state index in [1.807, 2.05) is 19.9 Å². The molecule has 0 fully saturated rings. The molecule has 0 aliphatic heterocycles. The van der Waals surface area contributed by atoms with Crippen LogP contribution in [0.25, 0.3) is 10.9 Å². The molecule has 2 nitrogen and oxygen atoms in total. The highest BCUT2D eigenvalue weighted by atomic mass is 32.2. The predicted molar refractivity (Wildman–Crippen MR) is 75.2 cm³/mol. The summed E-state index contributed by atoms with van der Waals surface area (Å²) in [6.45, 7) is 4.00. The van der Waals surface area contributed by atoms with Gasteiger partial charge in [-0.05, 0) is 6.07 Å². The number of hydrogen-bond donors (Lipinski definition) is 0. The van der Waals surface area contributed by atoms with E-state index in [1.165, 1.54) is 15.8 Å². The van der Waals surface area contributed by atoms with Gasteiger partial charge < -0.3 is 4.57 Å². The molecule has 0 amide bonds. The Hall–Kier alpha value is -1.40. The summed E-state index contributed by atoms with van der Waals surface area (Å²) >= 11 is 1.75. The number of rotatable bonds is 3. The van der Waals surface area contributed by atoms with E-state index in [0.29, 0.717) is 6.42 Å². The van der Waals surface area contributed by atoms with E-state index in [0.717, 1.165) is 5.75 Å². The van der Waals surface area contributed by atoms with Crippen LogP contribution < -0.4 is 0 Å². The van der Waals surface area contributed by atoms with Crippen LogP contribution >= 0.6 is 11.8 Å². The summed E-state index contributed by atoms with van der Waals surface area (Å²) in [7, 11) is 2.05. The lowest BCUT2D eigenvalue weighted by atomic mass is 10.2. The van der Waals surface area contributed by atoms with Gasteiger partial charge in [-0.3, -0.25) is 0 Å². The molecular formula is C14H18N2S. The van der Waals surface area contributed by atoms with Crippen molar-refractivity contribution in [3.8, 4) is 6.07 Å². The number of para-hydroxylation sites is 1. The molecule has 0 aliphatic rings. The third kappa shape index (κ3) is 3.28. The fourth-order valence-electron chi connectivity index (χ4n) is 1.63. The van der Waals surface area contributed by atoms with Crippen LogP contribution in [0.3, 0.4) is 0 Å². The van der Waals surface area contributed by atoms with Crippen LogP contribution in [0.1, 0.15) is 20.3 Å².